The average Bonchev–Trinajstić information content (AvgIpc) is 3.52. The number of likely N-dealkylation sites (tertiary alicyclic amines) is 4. The quantitative estimate of drug-likeness (QED) is 0.279. The molecular formula is C49H102N4. The van der Waals surface area contributed by atoms with Crippen LogP contribution in [0.4, 0.5) is 0 Å². The molecule has 0 N–H and O–H groups in total. The Morgan fingerprint density at radius 1 is 0.377 bits per heavy atom. The van der Waals surface area contributed by atoms with Gasteiger partial charge in [-0.05, 0) is 201 Å². The second-order valence-corrected chi connectivity index (χ2v) is 24.7. The molecule has 0 saturated carbocycles. The Hall–Kier alpha value is -0.160. The number of nitrogens with zero attached hydrogens (tertiary/aromatic N) is 4. The summed E-state index contributed by atoms with van der Waals surface area (Å²) in [5.74, 6) is 4.51. The molecule has 4 nitrogen and oxygen atoms in total. The molecule has 3 unspecified atom stereocenters. The summed E-state index contributed by atoms with van der Waals surface area (Å²) < 4.78 is 0. The van der Waals surface area contributed by atoms with Crippen LogP contribution in [-0.2, 0) is 0 Å². The fourth-order valence-corrected chi connectivity index (χ4v) is 9.11. The Kier molecular flexibility index (Phi) is 19.7. The predicted molar refractivity (Wildman–Crippen MR) is 240 cm³/mol. The minimum Gasteiger partial charge on any atom is -0.298 e. The Bertz CT molecular complexity index is 936. The van der Waals surface area contributed by atoms with Crippen LogP contribution in [0.15, 0.2) is 0 Å². The van der Waals surface area contributed by atoms with Crippen molar-refractivity contribution in [3.63, 3.8) is 0 Å². The molecule has 0 aromatic carbocycles. The first-order valence-corrected chi connectivity index (χ1v) is 22.8. The van der Waals surface area contributed by atoms with Gasteiger partial charge in [-0.2, -0.15) is 0 Å². The third-order valence-electron chi connectivity index (χ3n) is 13.5. The molecule has 4 heteroatoms. The van der Waals surface area contributed by atoms with Crippen LogP contribution in [-0.4, -0.2) is 93.6 Å². The van der Waals surface area contributed by atoms with Crippen LogP contribution in [0, 0.1) is 40.4 Å². The van der Waals surface area contributed by atoms with Gasteiger partial charge in [0.05, 0.1) is 0 Å². The third-order valence-corrected chi connectivity index (χ3v) is 13.5. The van der Waals surface area contributed by atoms with E-state index in [1.165, 1.54) is 97.2 Å². The Morgan fingerprint density at radius 3 is 1.15 bits per heavy atom. The molecule has 0 radical (unpaired) electrons. The van der Waals surface area contributed by atoms with Crippen molar-refractivity contribution in [3.8, 4) is 0 Å². The molecule has 318 valence electrons. The van der Waals surface area contributed by atoms with Crippen LogP contribution in [0.5, 0.6) is 0 Å². The molecule has 0 amide bonds. The largest absolute Gasteiger partial charge is 0.298 e. The van der Waals surface area contributed by atoms with Gasteiger partial charge in [0.2, 0.25) is 0 Å². The van der Waals surface area contributed by atoms with Crippen molar-refractivity contribution in [3.05, 3.63) is 0 Å². The van der Waals surface area contributed by atoms with E-state index in [0.717, 1.165) is 35.6 Å². The van der Waals surface area contributed by atoms with Crippen molar-refractivity contribution in [2.24, 2.45) is 40.4 Å². The van der Waals surface area contributed by atoms with E-state index in [1.54, 1.807) is 0 Å². The first-order chi connectivity index (χ1) is 23.8. The van der Waals surface area contributed by atoms with Crippen LogP contribution >= 0.6 is 0 Å². The van der Waals surface area contributed by atoms with Crippen molar-refractivity contribution in [2.45, 2.75) is 232 Å². The lowest BCUT2D eigenvalue weighted by Crippen LogP contribution is -2.55. The molecule has 4 heterocycles. The molecule has 4 fully saturated rings. The second kappa shape index (κ2) is 20.5. The Balaban J connectivity index is 0.000000354. The highest BCUT2D eigenvalue weighted by molar-refractivity contribution is 4.92. The molecule has 4 rings (SSSR count). The van der Waals surface area contributed by atoms with Crippen LogP contribution < -0.4 is 0 Å². The second-order valence-electron chi connectivity index (χ2n) is 24.7. The minimum absolute atomic E-state index is 0.332. The fraction of sp³-hybridized carbons (Fsp3) is 1.00. The lowest BCUT2D eigenvalue weighted by molar-refractivity contribution is -0.00414. The lowest BCUT2D eigenvalue weighted by Gasteiger charge is -2.50. The van der Waals surface area contributed by atoms with Crippen molar-refractivity contribution in [2.75, 3.05) is 45.8 Å². The summed E-state index contributed by atoms with van der Waals surface area (Å²) in [6.45, 7) is 60.7. The van der Waals surface area contributed by atoms with Crippen molar-refractivity contribution in [1.82, 2.24) is 19.6 Å². The highest BCUT2D eigenvalue weighted by atomic mass is 15.2. The zero-order valence-corrected chi connectivity index (χ0v) is 40.9. The minimum atomic E-state index is 0.332. The fourth-order valence-electron chi connectivity index (χ4n) is 9.11. The summed E-state index contributed by atoms with van der Waals surface area (Å²) in [5, 5.41) is 0. The summed E-state index contributed by atoms with van der Waals surface area (Å²) in [6.07, 6.45) is 11.1. The predicted octanol–water partition coefficient (Wildman–Crippen LogP) is 13.1. The normalized spacial score (nSPS) is 25.7. The van der Waals surface area contributed by atoms with Gasteiger partial charge in [-0.1, -0.05) is 75.7 Å². The molecule has 0 aromatic rings. The van der Waals surface area contributed by atoms with Crippen LogP contribution in [0.25, 0.3) is 0 Å². The highest BCUT2D eigenvalue weighted by Crippen LogP contribution is 2.37. The first kappa shape index (κ1) is 50.9. The summed E-state index contributed by atoms with van der Waals surface area (Å²) in [6, 6.07) is 0.760. The van der Waals surface area contributed by atoms with Gasteiger partial charge < -0.3 is 0 Å². The van der Waals surface area contributed by atoms with E-state index in [9.17, 15) is 0 Å². The Morgan fingerprint density at radius 2 is 0.811 bits per heavy atom. The molecule has 4 saturated heterocycles. The average molecular weight is 747 g/mol. The maximum Gasteiger partial charge on any atom is 0.0149 e. The Labute approximate surface area is 336 Å². The maximum atomic E-state index is 2.70. The van der Waals surface area contributed by atoms with Gasteiger partial charge in [-0.25, -0.2) is 0 Å². The number of rotatable bonds is 2. The van der Waals surface area contributed by atoms with Gasteiger partial charge in [0, 0.05) is 41.3 Å². The molecule has 53 heavy (non-hydrogen) atoms. The van der Waals surface area contributed by atoms with Gasteiger partial charge in [0.15, 0.2) is 0 Å². The smallest absolute Gasteiger partial charge is 0.0149 e. The summed E-state index contributed by atoms with van der Waals surface area (Å²) in [7, 11) is 0. The van der Waals surface area contributed by atoms with Crippen LogP contribution in [0.2, 0.25) is 0 Å². The van der Waals surface area contributed by atoms with Crippen molar-refractivity contribution in [1.29, 1.82) is 0 Å². The number of piperidine rings is 3. The van der Waals surface area contributed by atoms with Crippen LogP contribution in [0.3, 0.4) is 0 Å². The third kappa shape index (κ3) is 18.3. The van der Waals surface area contributed by atoms with E-state index in [4.69, 9.17) is 0 Å². The van der Waals surface area contributed by atoms with Crippen molar-refractivity contribution < 1.29 is 0 Å². The molecule has 0 bridgehead atoms. The van der Waals surface area contributed by atoms with Gasteiger partial charge in [0.1, 0.15) is 0 Å². The van der Waals surface area contributed by atoms with E-state index < -0.39 is 0 Å². The highest BCUT2D eigenvalue weighted by Gasteiger charge is 2.38. The molecule has 0 spiro atoms. The van der Waals surface area contributed by atoms with Crippen LogP contribution in [0.1, 0.15) is 204 Å². The topological polar surface area (TPSA) is 13.0 Å². The molecular weight excluding hydrogens is 645 g/mol. The number of hydrogen-bond donors (Lipinski definition) is 0. The van der Waals surface area contributed by atoms with E-state index >= 15 is 0 Å². The van der Waals surface area contributed by atoms with Gasteiger partial charge in [-0.15, -0.1) is 0 Å². The molecule has 4 aliphatic rings. The summed E-state index contributed by atoms with van der Waals surface area (Å²) in [4.78, 5) is 10.6. The maximum absolute atomic E-state index is 2.70. The van der Waals surface area contributed by atoms with Gasteiger partial charge >= 0.3 is 0 Å². The standard InChI is InChI=1S/2C13H27N.C12H25N.C11H23N/c1-12(2,3)11-8-7-9-14(10-11)13(4,5)6;1-12(2,3)11-9-7-8-10-14(11)13(4,5)6;1-10(2)11-6-8-13(9-7-11)12(3,4)5;1-9(2)10-6-7-12(8-10)11(3,4)5/h2*11H,7-10H2,1-6H3;10-11H,6-9H2,1-5H3;9-10H,6-8H2,1-5H3. The van der Waals surface area contributed by atoms with E-state index in [2.05, 4.69) is 172 Å². The van der Waals surface area contributed by atoms with Gasteiger partial charge in [-0.3, -0.25) is 19.6 Å². The molecule has 0 aliphatic carbocycles. The lowest BCUT2D eigenvalue weighted by atomic mass is 9.75. The van der Waals surface area contributed by atoms with E-state index in [-0.39, 0.29) is 0 Å². The van der Waals surface area contributed by atoms with E-state index in [0.29, 0.717) is 33.0 Å². The first-order valence-electron chi connectivity index (χ1n) is 22.8. The van der Waals surface area contributed by atoms with Gasteiger partial charge in [0.25, 0.3) is 0 Å². The zero-order valence-electron chi connectivity index (χ0n) is 40.9. The molecule has 0 aromatic heterocycles. The zero-order chi connectivity index (χ0) is 41.4. The number of hydrogen-bond acceptors (Lipinski definition) is 4. The monoisotopic (exact) mass is 747 g/mol. The summed E-state index contributed by atoms with van der Waals surface area (Å²) in [5.41, 5.74) is 2.34. The summed E-state index contributed by atoms with van der Waals surface area (Å²) >= 11 is 0. The molecule has 3 atom stereocenters. The van der Waals surface area contributed by atoms with Crippen molar-refractivity contribution >= 4 is 0 Å². The molecule has 4 aliphatic heterocycles. The SMILES string of the molecule is CC(C)(C)C1CCCCN1C(C)(C)C.CC(C)(C)C1CCCN(C(C)(C)C)C1.CC(C)C1CCN(C(C)(C)C)C1.CC(C)C1CCN(C(C)(C)C)CC1. The van der Waals surface area contributed by atoms with E-state index in [1.807, 2.05) is 0 Å².